The molecule has 0 spiro atoms. The Bertz CT molecular complexity index is 597. The normalized spacial score (nSPS) is 17.0. The van der Waals surface area contributed by atoms with Gasteiger partial charge in [0.05, 0.1) is 6.04 Å². The number of ether oxygens (including phenoxy) is 1. The molecule has 1 aliphatic heterocycles. The second-order valence-corrected chi connectivity index (χ2v) is 4.75. The van der Waals surface area contributed by atoms with Crippen LogP contribution in [0.15, 0.2) is 29.6 Å². The number of carboxylic acid groups (broad SMARTS) is 1. The Kier molecular flexibility index (Phi) is 2.64. The van der Waals surface area contributed by atoms with Gasteiger partial charge in [0.25, 0.3) is 0 Å². The van der Waals surface area contributed by atoms with E-state index in [-0.39, 0.29) is 11.7 Å². The van der Waals surface area contributed by atoms with Crippen LogP contribution in [-0.2, 0) is 0 Å². The van der Waals surface area contributed by atoms with Gasteiger partial charge in [0.15, 0.2) is 10.8 Å². The third kappa shape index (κ3) is 1.91. The molecule has 3 rings (SSSR count). The predicted octanol–water partition coefficient (Wildman–Crippen LogP) is 2.39. The van der Waals surface area contributed by atoms with Crippen LogP contribution in [0, 0.1) is 0 Å². The standard InChI is InChI=1S/C12H10N2O3S/c15-11(16)9-6-18-12(14-9)13-8-5-17-10-4-2-1-3-7(8)10/h1-4,6,8H,5H2,(H,13,14)(H,15,16). The summed E-state index contributed by atoms with van der Waals surface area (Å²) in [6, 6.07) is 7.81. The minimum Gasteiger partial charge on any atom is -0.491 e. The van der Waals surface area contributed by atoms with E-state index < -0.39 is 5.97 Å². The van der Waals surface area contributed by atoms with Crippen molar-refractivity contribution in [2.75, 3.05) is 11.9 Å². The van der Waals surface area contributed by atoms with Gasteiger partial charge in [-0.15, -0.1) is 11.3 Å². The fraction of sp³-hybridized carbons (Fsp3) is 0.167. The fourth-order valence-electron chi connectivity index (χ4n) is 1.87. The first-order valence-corrected chi connectivity index (χ1v) is 6.29. The van der Waals surface area contributed by atoms with Gasteiger partial charge in [-0.25, -0.2) is 9.78 Å². The number of aromatic nitrogens is 1. The van der Waals surface area contributed by atoms with Gasteiger partial charge in [-0.05, 0) is 6.07 Å². The number of nitrogens with one attached hydrogen (secondary N) is 1. The van der Waals surface area contributed by atoms with E-state index >= 15 is 0 Å². The molecule has 2 N–H and O–H groups in total. The monoisotopic (exact) mass is 262 g/mol. The quantitative estimate of drug-likeness (QED) is 0.888. The SMILES string of the molecule is O=C(O)c1csc(NC2COc3ccccc32)n1. The number of benzene rings is 1. The summed E-state index contributed by atoms with van der Waals surface area (Å²) < 4.78 is 5.54. The highest BCUT2D eigenvalue weighted by Crippen LogP contribution is 2.34. The fourth-order valence-corrected chi connectivity index (χ4v) is 2.61. The molecule has 0 amide bonds. The Labute approximate surface area is 107 Å². The van der Waals surface area contributed by atoms with Crippen LogP contribution in [0.2, 0.25) is 0 Å². The molecule has 2 aromatic rings. The highest BCUT2D eigenvalue weighted by atomic mass is 32.1. The summed E-state index contributed by atoms with van der Waals surface area (Å²) in [5.41, 5.74) is 1.14. The van der Waals surface area contributed by atoms with Crippen LogP contribution in [0.5, 0.6) is 5.75 Å². The van der Waals surface area contributed by atoms with E-state index in [2.05, 4.69) is 10.3 Å². The van der Waals surface area contributed by atoms with E-state index in [1.807, 2.05) is 24.3 Å². The first-order valence-electron chi connectivity index (χ1n) is 5.41. The van der Waals surface area contributed by atoms with Crippen LogP contribution in [0.4, 0.5) is 5.13 Å². The highest BCUT2D eigenvalue weighted by molar-refractivity contribution is 7.13. The summed E-state index contributed by atoms with van der Waals surface area (Å²) in [5.74, 6) is -0.146. The van der Waals surface area contributed by atoms with Gasteiger partial charge in [-0.3, -0.25) is 0 Å². The molecular weight excluding hydrogens is 252 g/mol. The number of aromatic carboxylic acids is 1. The third-order valence-electron chi connectivity index (χ3n) is 2.72. The second-order valence-electron chi connectivity index (χ2n) is 3.89. The summed E-state index contributed by atoms with van der Waals surface area (Å²) in [5, 5.41) is 14.1. The van der Waals surface area contributed by atoms with Crippen molar-refractivity contribution in [2.45, 2.75) is 6.04 Å². The number of carbonyl (C=O) groups is 1. The number of anilines is 1. The van der Waals surface area contributed by atoms with Crippen LogP contribution in [-0.4, -0.2) is 22.7 Å². The second kappa shape index (κ2) is 4.30. The maximum Gasteiger partial charge on any atom is 0.355 e. The van der Waals surface area contributed by atoms with Crippen LogP contribution < -0.4 is 10.1 Å². The zero-order valence-corrected chi connectivity index (χ0v) is 10.1. The van der Waals surface area contributed by atoms with Crippen molar-refractivity contribution in [3.63, 3.8) is 0 Å². The lowest BCUT2D eigenvalue weighted by molar-refractivity contribution is 0.0691. The van der Waals surface area contributed by atoms with Crippen LogP contribution in [0.25, 0.3) is 0 Å². The Morgan fingerprint density at radius 1 is 1.50 bits per heavy atom. The number of nitrogens with zero attached hydrogens (tertiary/aromatic N) is 1. The van der Waals surface area contributed by atoms with Gasteiger partial charge in [-0.1, -0.05) is 18.2 Å². The number of thiazole rings is 1. The van der Waals surface area contributed by atoms with Gasteiger partial charge in [-0.2, -0.15) is 0 Å². The van der Waals surface area contributed by atoms with Gasteiger partial charge in [0, 0.05) is 10.9 Å². The lowest BCUT2D eigenvalue weighted by Gasteiger charge is -2.09. The number of hydrogen-bond acceptors (Lipinski definition) is 5. The van der Waals surface area contributed by atoms with Gasteiger partial charge < -0.3 is 15.2 Å². The molecule has 0 saturated carbocycles. The maximum atomic E-state index is 10.7. The molecule has 0 aliphatic carbocycles. The maximum absolute atomic E-state index is 10.7. The molecule has 1 unspecified atom stereocenters. The Balaban J connectivity index is 1.80. The van der Waals surface area contributed by atoms with Crippen molar-refractivity contribution >= 4 is 22.4 Å². The molecule has 2 heterocycles. The molecule has 92 valence electrons. The molecule has 0 fully saturated rings. The first kappa shape index (κ1) is 11.0. The summed E-state index contributed by atoms with van der Waals surface area (Å²) in [7, 11) is 0. The smallest absolute Gasteiger partial charge is 0.355 e. The first-order chi connectivity index (χ1) is 8.74. The zero-order valence-electron chi connectivity index (χ0n) is 9.29. The average Bonchev–Trinajstić information content (AvgIpc) is 2.98. The minimum atomic E-state index is -1.01. The molecule has 5 nitrogen and oxygen atoms in total. The largest absolute Gasteiger partial charge is 0.491 e. The van der Waals surface area contributed by atoms with E-state index in [0.717, 1.165) is 11.3 Å². The molecule has 1 atom stereocenters. The lowest BCUT2D eigenvalue weighted by atomic mass is 10.1. The Morgan fingerprint density at radius 2 is 2.33 bits per heavy atom. The molecule has 1 aliphatic rings. The molecule has 0 saturated heterocycles. The van der Waals surface area contributed by atoms with Crippen molar-refractivity contribution in [2.24, 2.45) is 0 Å². The van der Waals surface area contributed by atoms with Gasteiger partial charge in [0.1, 0.15) is 12.4 Å². The Hall–Kier alpha value is -2.08. The Morgan fingerprint density at radius 3 is 3.11 bits per heavy atom. The highest BCUT2D eigenvalue weighted by Gasteiger charge is 2.24. The molecule has 0 bridgehead atoms. The third-order valence-corrected chi connectivity index (χ3v) is 3.49. The molecule has 0 radical (unpaired) electrons. The molecule has 6 heteroatoms. The van der Waals surface area contributed by atoms with Crippen molar-refractivity contribution in [1.82, 2.24) is 4.98 Å². The summed E-state index contributed by atoms with van der Waals surface area (Å²) in [4.78, 5) is 14.7. The number of carboxylic acids is 1. The lowest BCUT2D eigenvalue weighted by Crippen LogP contribution is -2.12. The summed E-state index contributed by atoms with van der Waals surface area (Å²) in [6.45, 7) is 0.529. The van der Waals surface area contributed by atoms with Crippen molar-refractivity contribution in [1.29, 1.82) is 0 Å². The van der Waals surface area contributed by atoms with E-state index in [4.69, 9.17) is 9.84 Å². The molecular formula is C12H10N2O3S. The van der Waals surface area contributed by atoms with Gasteiger partial charge in [0.2, 0.25) is 0 Å². The van der Waals surface area contributed by atoms with E-state index in [0.29, 0.717) is 11.7 Å². The average molecular weight is 262 g/mol. The topological polar surface area (TPSA) is 71.5 Å². The van der Waals surface area contributed by atoms with Gasteiger partial charge >= 0.3 is 5.97 Å². The van der Waals surface area contributed by atoms with E-state index in [1.165, 1.54) is 16.7 Å². The van der Waals surface area contributed by atoms with E-state index in [9.17, 15) is 4.79 Å². The number of hydrogen-bond donors (Lipinski definition) is 2. The van der Waals surface area contributed by atoms with Crippen molar-refractivity contribution in [3.8, 4) is 5.75 Å². The summed E-state index contributed by atoms with van der Waals surface area (Å²) >= 11 is 1.28. The number of fused-ring (bicyclic) bond motifs is 1. The molecule has 1 aromatic carbocycles. The van der Waals surface area contributed by atoms with Crippen LogP contribution in [0.3, 0.4) is 0 Å². The predicted molar refractivity (Wildman–Crippen MR) is 67.4 cm³/mol. The zero-order chi connectivity index (χ0) is 12.5. The van der Waals surface area contributed by atoms with E-state index in [1.54, 1.807) is 0 Å². The van der Waals surface area contributed by atoms with Crippen LogP contribution >= 0.6 is 11.3 Å². The summed E-state index contributed by atoms with van der Waals surface area (Å²) in [6.07, 6.45) is 0. The molecule has 1 aromatic heterocycles. The number of para-hydroxylation sites is 1. The minimum absolute atomic E-state index is 0.0222. The molecule has 18 heavy (non-hydrogen) atoms. The number of rotatable bonds is 3. The van der Waals surface area contributed by atoms with Crippen LogP contribution in [0.1, 0.15) is 22.1 Å². The van der Waals surface area contributed by atoms with Crippen molar-refractivity contribution < 1.29 is 14.6 Å². The van der Waals surface area contributed by atoms with Crippen molar-refractivity contribution in [3.05, 3.63) is 40.9 Å².